The van der Waals surface area contributed by atoms with Crippen LogP contribution in [0.5, 0.6) is 0 Å². The molecule has 1 aliphatic rings. The third-order valence-electron chi connectivity index (χ3n) is 4.64. The molecular weight excluding hydrogens is 382 g/mol. The largest absolute Gasteiger partial charge is 0.373 e. The Morgan fingerprint density at radius 1 is 1.25 bits per heavy atom. The van der Waals surface area contributed by atoms with Crippen molar-refractivity contribution in [2.45, 2.75) is 32.5 Å². The Hall–Kier alpha value is -2.23. The first-order valence-electron chi connectivity index (χ1n) is 9.25. The van der Waals surface area contributed by atoms with E-state index in [0.29, 0.717) is 24.2 Å². The van der Waals surface area contributed by atoms with Crippen molar-refractivity contribution in [2.75, 3.05) is 25.4 Å². The molecule has 0 radical (unpaired) electrons. The minimum Gasteiger partial charge on any atom is -0.373 e. The maximum atomic E-state index is 12.5. The first kappa shape index (κ1) is 20.5. The third-order valence-corrected chi connectivity index (χ3v) is 6.45. The fourth-order valence-electron chi connectivity index (χ4n) is 3.37. The number of aromatic nitrogens is 1. The van der Waals surface area contributed by atoms with Crippen LogP contribution in [0.2, 0.25) is 0 Å². The summed E-state index contributed by atoms with van der Waals surface area (Å²) in [5, 5.41) is 3.43. The quantitative estimate of drug-likeness (QED) is 0.730. The average molecular weight is 407 g/mol. The van der Waals surface area contributed by atoms with E-state index in [9.17, 15) is 18.0 Å². The number of aromatic amines is 1. The van der Waals surface area contributed by atoms with E-state index in [-0.39, 0.29) is 42.4 Å². The van der Waals surface area contributed by atoms with Crippen LogP contribution in [0.3, 0.4) is 0 Å². The third kappa shape index (κ3) is 4.98. The SMILES string of the molecule is CC1CN(S(=O)(=O)CCNC(=O)Cc2cc3ccccc3[nH]c2=O)CC(C)O1. The number of H-pyrrole nitrogens is 1. The summed E-state index contributed by atoms with van der Waals surface area (Å²) in [6.45, 7) is 4.29. The molecule has 28 heavy (non-hydrogen) atoms. The second-order valence-electron chi connectivity index (χ2n) is 7.13. The second kappa shape index (κ2) is 8.42. The molecule has 1 saturated heterocycles. The van der Waals surface area contributed by atoms with Crippen molar-refractivity contribution >= 4 is 26.8 Å². The van der Waals surface area contributed by atoms with E-state index < -0.39 is 10.0 Å². The highest BCUT2D eigenvalue weighted by Crippen LogP contribution is 2.14. The summed E-state index contributed by atoms with van der Waals surface area (Å²) in [6, 6.07) is 8.99. The first-order chi connectivity index (χ1) is 13.2. The van der Waals surface area contributed by atoms with Gasteiger partial charge in [-0.1, -0.05) is 18.2 Å². The number of amides is 1. The van der Waals surface area contributed by atoms with Crippen molar-refractivity contribution in [3.63, 3.8) is 0 Å². The minimum absolute atomic E-state index is 0.00717. The standard InChI is InChI=1S/C19H25N3O5S/c1-13-11-22(12-14(2)27-13)28(25,26)8-7-20-18(23)10-16-9-15-5-3-4-6-17(15)21-19(16)24/h3-6,9,13-14H,7-8,10-12H2,1-2H3,(H,20,23)(H,21,24). The molecule has 1 aromatic heterocycles. The van der Waals surface area contributed by atoms with Gasteiger partial charge in [-0.25, -0.2) is 8.42 Å². The number of pyridine rings is 1. The van der Waals surface area contributed by atoms with E-state index in [1.54, 1.807) is 12.1 Å². The van der Waals surface area contributed by atoms with Crippen molar-refractivity contribution < 1.29 is 17.9 Å². The molecular formula is C19H25N3O5S. The van der Waals surface area contributed by atoms with E-state index in [1.165, 1.54) is 4.31 Å². The summed E-state index contributed by atoms with van der Waals surface area (Å²) in [4.78, 5) is 27.0. The molecule has 2 unspecified atom stereocenters. The first-order valence-corrected chi connectivity index (χ1v) is 10.9. The van der Waals surface area contributed by atoms with Gasteiger partial charge in [-0.3, -0.25) is 9.59 Å². The van der Waals surface area contributed by atoms with Gasteiger partial charge in [-0.05, 0) is 31.4 Å². The maximum absolute atomic E-state index is 12.5. The molecule has 9 heteroatoms. The normalized spacial score (nSPS) is 20.9. The van der Waals surface area contributed by atoms with Gasteiger partial charge in [0, 0.05) is 30.7 Å². The number of hydrogen-bond donors (Lipinski definition) is 2. The summed E-state index contributed by atoms with van der Waals surface area (Å²) >= 11 is 0. The number of nitrogens with zero attached hydrogens (tertiary/aromatic N) is 1. The van der Waals surface area contributed by atoms with Crippen LogP contribution < -0.4 is 10.9 Å². The van der Waals surface area contributed by atoms with E-state index in [4.69, 9.17) is 4.74 Å². The molecule has 2 heterocycles. The van der Waals surface area contributed by atoms with Crippen molar-refractivity contribution in [2.24, 2.45) is 0 Å². The molecule has 1 aliphatic heterocycles. The Morgan fingerprint density at radius 3 is 2.64 bits per heavy atom. The Morgan fingerprint density at radius 2 is 1.93 bits per heavy atom. The van der Waals surface area contributed by atoms with Gasteiger partial charge < -0.3 is 15.0 Å². The Labute approximate surface area is 163 Å². The molecule has 3 rings (SSSR count). The number of ether oxygens (including phenoxy) is 1. The maximum Gasteiger partial charge on any atom is 0.252 e. The zero-order valence-corrected chi connectivity index (χ0v) is 16.8. The predicted octanol–water partition coefficient (Wildman–Crippen LogP) is 0.626. The van der Waals surface area contributed by atoms with Crippen LogP contribution >= 0.6 is 0 Å². The number of sulfonamides is 1. The van der Waals surface area contributed by atoms with Gasteiger partial charge in [0.1, 0.15) is 0 Å². The fraction of sp³-hybridized carbons (Fsp3) is 0.474. The number of morpholine rings is 1. The Bertz CT molecular complexity index is 1010. The van der Waals surface area contributed by atoms with Crippen molar-refractivity contribution in [1.82, 2.24) is 14.6 Å². The average Bonchev–Trinajstić information content (AvgIpc) is 2.61. The summed E-state index contributed by atoms with van der Waals surface area (Å²) in [5.41, 5.74) is 0.726. The number of carbonyl (C=O) groups is 1. The zero-order chi connectivity index (χ0) is 20.3. The van der Waals surface area contributed by atoms with E-state index in [2.05, 4.69) is 10.3 Å². The van der Waals surface area contributed by atoms with E-state index >= 15 is 0 Å². The van der Waals surface area contributed by atoms with Crippen molar-refractivity contribution in [3.8, 4) is 0 Å². The number of nitrogens with one attached hydrogen (secondary N) is 2. The van der Waals surface area contributed by atoms with Crippen LogP contribution in [0.4, 0.5) is 0 Å². The molecule has 2 aromatic rings. The molecule has 2 atom stereocenters. The lowest BCUT2D eigenvalue weighted by Crippen LogP contribution is -2.49. The monoisotopic (exact) mass is 407 g/mol. The summed E-state index contributed by atoms with van der Waals surface area (Å²) < 4.78 is 31.9. The topological polar surface area (TPSA) is 109 Å². The minimum atomic E-state index is -3.48. The fourth-order valence-corrected chi connectivity index (χ4v) is 4.86. The number of benzene rings is 1. The van der Waals surface area contributed by atoms with Gasteiger partial charge in [0.05, 0.1) is 24.4 Å². The van der Waals surface area contributed by atoms with E-state index in [0.717, 1.165) is 5.39 Å². The molecule has 2 N–H and O–H groups in total. The smallest absolute Gasteiger partial charge is 0.252 e. The summed E-state index contributed by atoms with van der Waals surface area (Å²) in [7, 11) is -3.48. The van der Waals surface area contributed by atoms with Crippen molar-refractivity contribution in [1.29, 1.82) is 0 Å². The lowest BCUT2D eigenvalue weighted by molar-refractivity contribution is -0.120. The van der Waals surface area contributed by atoms with Gasteiger partial charge in [-0.2, -0.15) is 4.31 Å². The lowest BCUT2D eigenvalue weighted by atomic mass is 10.1. The van der Waals surface area contributed by atoms with Crippen LogP contribution in [0, 0.1) is 0 Å². The molecule has 152 valence electrons. The van der Waals surface area contributed by atoms with Gasteiger partial charge in [-0.15, -0.1) is 0 Å². The second-order valence-corrected chi connectivity index (χ2v) is 9.22. The van der Waals surface area contributed by atoms with Crippen LogP contribution in [0.1, 0.15) is 19.4 Å². The molecule has 1 amide bonds. The number of carbonyl (C=O) groups excluding carboxylic acids is 1. The lowest BCUT2D eigenvalue weighted by Gasteiger charge is -2.34. The van der Waals surface area contributed by atoms with E-state index in [1.807, 2.05) is 32.0 Å². The molecule has 1 fully saturated rings. The zero-order valence-electron chi connectivity index (χ0n) is 16.0. The van der Waals surface area contributed by atoms with Crippen molar-refractivity contribution in [3.05, 3.63) is 46.2 Å². The van der Waals surface area contributed by atoms with Gasteiger partial charge in [0.15, 0.2) is 0 Å². The summed E-state index contributed by atoms with van der Waals surface area (Å²) in [5.74, 6) is -0.577. The van der Waals surface area contributed by atoms with Gasteiger partial charge in [0.2, 0.25) is 15.9 Å². The Kier molecular flexibility index (Phi) is 6.17. The predicted molar refractivity (Wildman–Crippen MR) is 107 cm³/mol. The molecule has 8 nitrogen and oxygen atoms in total. The Balaban J connectivity index is 1.56. The number of rotatable bonds is 6. The van der Waals surface area contributed by atoms with Crippen LogP contribution in [0.15, 0.2) is 35.1 Å². The molecule has 0 saturated carbocycles. The number of fused-ring (bicyclic) bond motifs is 1. The molecule has 0 spiro atoms. The van der Waals surface area contributed by atoms with Gasteiger partial charge in [0.25, 0.3) is 5.56 Å². The van der Waals surface area contributed by atoms with Crippen LogP contribution in [-0.2, 0) is 26.0 Å². The molecule has 0 bridgehead atoms. The highest BCUT2D eigenvalue weighted by atomic mass is 32.2. The summed E-state index contributed by atoms with van der Waals surface area (Å²) in [6.07, 6.45) is -0.424. The highest BCUT2D eigenvalue weighted by molar-refractivity contribution is 7.89. The molecule has 0 aliphatic carbocycles. The molecule has 1 aromatic carbocycles. The highest BCUT2D eigenvalue weighted by Gasteiger charge is 2.30. The number of hydrogen-bond acceptors (Lipinski definition) is 5. The van der Waals surface area contributed by atoms with Gasteiger partial charge >= 0.3 is 0 Å². The number of para-hydroxylation sites is 1. The van der Waals surface area contributed by atoms with Crippen LogP contribution in [-0.4, -0.2) is 61.2 Å². The van der Waals surface area contributed by atoms with Crippen LogP contribution in [0.25, 0.3) is 10.9 Å².